The van der Waals surface area contributed by atoms with Crippen LogP contribution in [0.4, 0.5) is 4.39 Å². The summed E-state index contributed by atoms with van der Waals surface area (Å²) in [7, 11) is -3.66. The molecule has 0 amide bonds. The van der Waals surface area contributed by atoms with E-state index in [-0.39, 0.29) is 4.90 Å². The van der Waals surface area contributed by atoms with Crippen LogP contribution in [0.2, 0.25) is 0 Å². The van der Waals surface area contributed by atoms with Gasteiger partial charge in [0.1, 0.15) is 11.5 Å². The van der Waals surface area contributed by atoms with Gasteiger partial charge in [0.2, 0.25) is 10.0 Å². The third kappa shape index (κ3) is 3.23. The number of hydrogen-bond acceptors (Lipinski definition) is 4. The van der Waals surface area contributed by atoms with Crippen LogP contribution in [0, 0.1) is 5.82 Å². The van der Waals surface area contributed by atoms with Crippen LogP contribution in [-0.4, -0.2) is 53.2 Å². The van der Waals surface area contributed by atoms with Gasteiger partial charge in [0.15, 0.2) is 0 Å². The lowest BCUT2D eigenvalue weighted by molar-refractivity contribution is 0.179. The fraction of sp³-hybridized carbons (Fsp3) is 0.278. The first kappa shape index (κ1) is 17.1. The van der Waals surface area contributed by atoms with Crippen molar-refractivity contribution < 1.29 is 12.8 Å². The molecule has 136 valence electrons. The summed E-state index contributed by atoms with van der Waals surface area (Å²) in [6, 6.07) is 11.0. The van der Waals surface area contributed by atoms with E-state index in [1.54, 1.807) is 0 Å². The molecule has 3 heterocycles. The van der Waals surface area contributed by atoms with Crippen LogP contribution in [-0.2, 0) is 16.6 Å². The van der Waals surface area contributed by atoms with E-state index in [1.807, 2.05) is 35.0 Å². The smallest absolute Gasteiger partial charge is 0.243 e. The zero-order valence-corrected chi connectivity index (χ0v) is 14.9. The molecule has 1 saturated heterocycles. The van der Waals surface area contributed by atoms with E-state index < -0.39 is 15.8 Å². The minimum Gasteiger partial charge on any atom is -0.303 e. The van der Waals surface area contributed by atoms with Gasteiger partial charge in [-0.05, 0) is 30.3 Å². The van der Waals surface area contributed by atoms with Gasteiger partial charge in [0.25, 0.3) is 0 Å². The summed E-state index contributed by atoms with van der Waals surface area (Å²) in [6.45, 7) is 2.72. The number of benzene rings is 1. The van der Waals surface area contributed by atoms with E-state index in [2.05, 4.69) is 9.88 Å². The molecule has 0 spiro atoms. The van der Waals surface area contributed by atoms with Crippen LogP contribution in [0.3, 0.4) is 0 Å². The van der Waals surface area contributed by atoms with E-state index in [0.717, 1.165) is 17.4 Å². The molecule has 0 radical (unpaired) electrons. The molecule has 0 saturated carbocycles. The van der Waals surface area contributed by atoms with E-state index in [1.165, 1.54) is 22.5 Å². The number of rotatable bonds is 4. The lowest BCUT2D eigenvalue weighted by atomic mass is 10.3. The fourth-order valence-corrected chi connectivity index (χ4v) is 4.69. The summed E-state index contributed by atoms with van der Waals surface area (Å²) in [4.78, 5) is 6.59. The Morgan fingerprint density at radius 3 is 2.62 bits per heavy atom. The number of imidazole rings is 1. The van der Waals surface area contributed by atoms with Crippen LogP contribution in [0.25, 0.3) is 5.65 Å². The molecule has 2 aromatic heterocycles. The highest BCUT2D eigenvalue weighted by Crippen LogP contribution is 2.19. The molecule has 1 aliphatic rings. The Balaban J connectivity index is 1.44. The van der Waals surface area contributed by atoms with Crippen LogP contribution in [0.15, 0.2) is 59.8 Å². The Morgan fingerprint density at radius 2 is 1.85 bits per heavy atom. The van der Waals surface area contributed by atoms with Gasteiger partial charge in [-0.15, -0.1) is 0 Å². The van der Waals surface area contributed by atoms with E-state index in [9.17, 15) is 12.8 Å². The molecule has 3 aromatic rings. The summed E-state index contributed by atoms with van der Waals surface area (Å²) >= 11 is 0. The second kappa shape index (κ2) is 6.79. The lowest BCUT2D eigenvalue weighted by Crippen LogP contribution is -2.48. The van der Waals surface area contributed by atoms with Crippen molar-refractivity contribution in [2.24, 2.45) is 0 Å². The average molecular weight is 374 g/mol. The molecule has 0 aliphatic carbocycles. The van der Waals surface area contributed by atoms with Gasteiger partial charge in [-0.1, -0.05) is 12.1 Å². The monoisotopic (exact) mass is 374 g/mol. The van der Waals surface area contributed by atoms with Crippen LogP contribution >= 0.6 is 0 Å². The number of sulfonamides is 1. The van der Waals surface area contributed by atoms with Crippen molar-refractivity contribution >= 4 is 15.7 Å². The van der Waals surface area contributed by atoms with Crippen molar-refractivity contribution in [1.29, 1.82) is 0 Å². The molecule has 1 fully saturated rings. The number of hydrogen-bond donors (Lipinski definition) is 0. The Morgan fingerprint density at radius 1 is 1.04 bits per heavy atom. The Labute approximate surface area is 151 Å². The van der Waals surface area contributed by atoms with Crippen LogP contribution in [0.1, 0.15) is 5.69 Å². The van der Waals surface area contributed by atoms with Gasteiger partial charge in [-0.25, -0.2) is 17.8 Å². The van der Waals surface area contributed by atoms with Crippen molar-refractivity contribution in [3.63, 3.8) is 0 Å². The largest absolute Gasteiger partial charge is 0.303 e. The van der Waals surface area contributed by atoms with Gasteiger partial charge in [-0.3, -0.25) is 4.90 Å². The predicted octanol–water partition coefficient (Wildman–Crippen LogP) is 1.98. The normalized spacial score (nSPS) is 17.0. The minimum atomic E-state index is -3.66. The minimum absolute atomic E-state index is 0.00716. The highest BCUT2D eigenvalue weighted by atomic mass is 32.2. The number of aromatic nitrogens is 2. The number of halogens is 1. The second-order valence-electron chi connectivity index (χ2n) is 6.32. The van der Waals surface area contributed by atoms with Crippen LogP contribution < -0.4 is 0 Å². The molecule has 1 aliphatic heterocycles. The van der Waals surface area contributed by atoms with Crippen molar-refractivity contribution in [1.82, 2.24) is 18.6 Å². The summed E-state index contributed by atoms with van der Waals surface area (Å²) in [5, 5.41) is 0. The molecule has 0 unspecified atom stereocenters. The first-order chi connectivity index (χ1) is 12.5. The van der Waals surface area contributed by atoms with Gasteiger partial charge in [0.05, 0.1) is 16.8 Å². The summed E-state index contributed by atoms with van der Waals surface area (Å²) in [6.07, 6.45) is 3.83. The zero-order chi connectivity index (χ0) is 18.1. The molecule has 8 heteroatoms. The fourth-order valence-electron chi connectivity index (χ4n) is 3.24. The quantitative estimate of drug-likeness (QED) is 0.701. The molecule has 1 aromatic carbocycles. The van der Waals surface area contributed by atoms with E-state index in [4.69, 9.17) is 0 Å². The molecule has 26 heavy (non-hydrogen) atoms. The third-order valence-electron chi connectivity index (χ3n) is 4.64. The predicted molar refractivity (Wildman–Crippen MR) is 95.6 cm³/mol. The number of pyridine rings is 1. The van der Waals surface area contributed by atoms with Gasteiger partial charge >= 0.3 is 0 Å². The first-order valence-electron chi connectivity index (χ1n) is 8.43. The standard InChI is InChI=1S/C18H19FN4O2S/c19-15-4-3-5-17(12-15)26(24,25)22-10-8-21(9-11-22)14-16-13-20-18-6-1-2-7-23(16)18/h1-7,12-13H,8-11,14H2. The third-order valence-corrected chi connectivity index (χ3v) is 6.54. The van der Waals surface area contributed by atoms with Crippen LogP contribution in [0.5, 0.6) is 0 Å². The van der Waals surface area contributed by atoms with Crippen molar-refractivity contribution in [3.05, 3.63) is 66.4 Å². The molecule has 6 nitrogen and oxygen atoms in total. The number of piperazine rings is 1. The maximum Gasteiger partial charge on any atom is 0.243 e. The molecule has 4 rings (SSSR count). The molecule has 0 atom stereocenters. The SMILES string of the molecule is O=S(=O)(c1cccc(F)c1)N1CCN(Cc2cnc3ccccn23)CC1. The second-order valence-corrected chi connectivity index (χ2v) is 8.25. The number of nitrogens with zero attached hydrogens (tertiary/aromatic N) is 4. The summed E-state index contributed by atoms with van der Waals surface area (Å²) in [5.74, 6) is -0.544. The molecular formula is C18H19FN4O2S. The maximum absolute atomic E-state index is 13.4. The van der Waals surface area contributed by atoms with E-state index >= 15 is 0 Å². The molecular weight excluding hydrogens is 355 g/mol. The van der Waals surface area contributed by atoms with Gasteiger partial charge in [0, 0.05) is 38.9 Å². The summed E-state index contributed by atoms with van der Waals surface area (Å²) in [5.41, 5.74) is 1.97. The first-order valence-corrected chi connectivity index (χ1v) is 9.87. The lowest BCUT2D eigenvalue weighted by Gasteiger charge is -2.33. The van der Waals surface area contributed by atoms with Crippen molar-refractivity contribution in [2.75, 3.05) is 26.2 Å². The Hall–Kier alpha value is -2.29. The highest BCUT2D eigenvalue weighted by Gasteiger charge is 2.28. The zero-order valence-electron chi connectivity index (χ0n) is 14.1. The Bertz CT molecular complexity index is 1030. The van der Waals surface area contributed by atoms with Crippen molar-refractivity contribution in [3.8, 4) is 0 Å². The Kier molecular flexibility index (Phi) is 4.47. The molecule has 0 N–H and O–H groups in total. The van der Waals surface area contributed by atoms with Gasteiger partial charge in [-0.2, -0.15) is 4.31 Å². The maximum atomic E-state index is 13.4. The van der Waals surface area contributed by atoms with Crippen molar-refractivity contribution in [2.45, 2.75) is 11.4 Å². The summed E-state index contributed by atoms with van der Waals surface area (Å²) < 4.78 is 42.2. The average Bonchev–Trinajstić information content (AvgIpc) is 3.05. The topological polar surface area (TPSA) is 57.9 Å². The van der Waals surface area contributed by atoms with Gasteiger partial charge < -0.3 is 4.40 Å². The number of fused-ring (bicyclic) bond motifs is 1. The molecule has 0 bridgehead atoms. The highest BCUT2D eigenvalue weighted by molar-refractivity contribution is 7.89. The van der Waals surface area contributed by atoms with E-state index in [0.29, 0.717) is 32.7 Å².